The van der Waals surface area contributed by atoms with E-state index in [1.807, 2.05) is 55.4 Å². The first-order chi connectivity index (χ1) is 48.3. The van der Waals surface area contributed by atoms with Gasteiger partial charge in [0.2, 0.25) is 70.9 Å². The van der Waals surface area contributed by atoms with E-state index in [2.05, 4.69) is 21.3 Å². The maximum atomic E-state index is 15.7. The predicted molar refractivity (Wildman–Crippen MR) is 394 cm³/mol. The highest BCUT2D eigenvalue weighted by molar-refractivity contribution is 6.00. The summed E-state index contributed by atoms with van der Waals surface area (Å²) < 4.78 is 6.23. The third-order valence-electron chi connectivity index (χ3n) is 21.4. The Kier molecular flexibility index (Phi) is 36.3. The predicted octanol–water partition coefficient (Wildman–Crippen LogP) is 4.71. The molecule has 4 rings (SSSR count). The molecule has 11 atom stereocenters. The maximum absolute atomic E-state index is 15.7. The molecule has 0 radical (unpaired) electrons. The van der Waals surface area contributed by atoms with Crippen molar-refractivity contribution in [1.29, 1.82) is 0 Å². The molecule has 0 spiro atoms. The molecule has 0 aromatic carbocycles. The normalized spacial score (nSPS) is 27.1. The largest absolute Gasteiger partial charge is 0.396 e. The van der Waals surface area contributed by atoms with E-state index in [-0.39, 0.29) is 93.7 Å². The number of nitrogens with one attached hydrogen (secondary N) is 4. The van der Waals surface area contributed by atoms with Gasteiger partial charge in [-0.05, 0) is 107 Å². The van der Waals surface area contributed by atoms with Gasteiger partial charge in [-0.2, -0.15) is 0 Å². The third-order valence-corrected chi connectivity index (χ3v) is 21.4. The molecule has 27 nitrogen and oxygen atoms in total. The number of likely N-dealkylation sites (N-methyl/N-ethyl adjacent to an activating group) is 7. The summed E-state index contributed by atoms with van der Waals surface area (Å²) in [5, 5.41) is 33.1. The van der Waals surface area contributed by atoms with E-state index in [0.717, 1.165) is 80.4 Å². The number of aliphatic hydroxyl groups is 2. The van der Waals surface area contributed by atoms with Crippen LogP contribution in [0.3, 0.4) is 0 Å². The molecule has 2 aliphatic heterocycles. The molecule has 2 aliphatic carbocycles. The molecular formula is C76H134N12O15. The monoisotopic (exact) mass is 1460 g/mol. The Hall–Kier alpha value is -6.48. The van der Waals surface area contributed by atoms with E-state index in [0.29, 0.717) is 25.9 Å². The molecule has 588 valence electrons. The molecule has 4 aliphatic rings. The zero-order chi connectivity index (χ0) is 77.5. The minimum atomic E-state index is -1.66. The molecule has 12 amide bonds. The number of amides is 12. The van der Waals surface area contributed by atoms with E-state index in [1.165, 1.54) is 80.8 Å². The Morgan fingerprint density at radius 3 is 1.39 bits per heavy atom. The Labute approximate surface area is 615 Å². The van der Waals surface area contributed by atoms with Crippen molar-refractivity contribution >= 4 is 70.9 Å². The summed E-state index contributed by atoms with van der Waals surface area (Å²) in [5.74, 6) is -9.11. The summed E-state index contributed by atoms with van der Waals surface area (Å²) >= 11 is 0. The number of hydrogen-bond acceptors (Lipinski definition) is 15. The number of nitrogens with zero attached hydrogens (tertiary/aromatic N) is 8. The van der Waals surface area contributed by atoms with Crippen LogP contribution >= 0.6 is 0 Å². The number of likely N-dealkylation sites (tertiary alicyclic amines) is 1. The molecule has 27 heteroatoms. The van der Waals surface area contributed by atoms with Gasteiger partial charge in [0.15, 0.2) is 0 Å². The second kappa shape index (κ2) is 42.0. The Bertz CT molecular complexity index is 2820. The molecule has 0 aromatic rings. The Morgan fingerprint density at radius 1 is 0.476 bits per heavy atom. The van der Waals surface area contributed by atoms with Gasteiger partial charge in [-0.25, -0.2) is 0 Å². The number of rotatable bonds is 20. The summed E-state index contributed by atoms with van der Waals surface area (Å²) in [5.41, 5.74) is -0.783. The number of piperidine rings is 1. The van der Waals surface area contributed by atoms with Crippen molar-refractivity contribution in [1.82, 2.24) is 60.5 Å². The van der Waals surface area contributed by atoms with Gasteiger partial charge in [0.05, 0.1) is 38.9 Å². The van der Waals surface area contributed by atoms with Gasteiger partial charge < -0.3 is 75.4 Å². The molecule has 1 unspecified atom stereocenters. The number of carbonyl (C=O) groups excluding carboxylic acids is 12. The second-order valence-electron chi connectivity index (χ2n) is 32.8. The van der Waals surface area contributed by atoms with Gasteiger partial charge in [-0.3, -0.25) is 57.5 Å². The van der Waals surface area contributed by atoms with Crippen LogP contribution in [0.4, 0.5) is 0 Å². The molecule has 0 aromatic heterocycles. The average molecular weight is 1460 g/mol. The lowest BCUT2D eigenvalue weighted by Crippen LogP contribution is -2.62. The molecule has 4 fully saturated rings. The number of carbonyl (C=O) groups is 12. The van der Waals surface area contributed by atoms with E-state index < -0.39 is 162 Å². The lowest BCUT2D eigenvalue weighted by atomic mass is 9.84. The molecule has 6 N–H and O–H groups in total. The SMILES string of the molecule is CC[C@H]1C(=O)N[C@@H](CC(C)C)C(=O)N(C)[C@@H](CC(C)C)C(=O)N(C)[C@@H](CC2CCCCC2)C(=O)NC(COCC(C)(C)CO)C(=O)N(C)[C@@H](CC2CCCCC2)C(=O)N(C)[C@@H](CC(C)C)C(=O)N[C@@H]([C@@H](C)O)C(=O)N(C)CC(=O)N(C)[C@@H](CC(C)C)C(=O)N[C@H](C(=O)N2CCCCC2)CC(=O)N1C. The minimum Gasteiger partial charge on any atom is -0.396 e. The first-order valence-electron chi connectivity index (χ1n) is 38.5. The molecule has 2 heterocycles. The van der Waals surface area contributed by atoms with Crippen LogP contribution in [-0.2, 0) is 62.3 Å². The maximum Gasteiger partial charge on any atom is 0.248 e. The van der Waals surface area contributed by atoms with Crippen molar-refractivity contribution < 1.29 is 72.5 Å². The van der Waals surface area contributed by atoms with Crippen LogP contribution < -0.4 is 21.3 Å². The second-order valence-corrected chi connectivity index (χ2v) is 32.8. The van der Waals surface area contributed by atoms with Crippen molar-refractivity contribution in [3.05, 3.63) is 0 Å². The molecule has 2 saturated carbocycles. The molecular weight excluding hydrogens is 1320 g/mol. The van der Waals surface area contributed by atoms with Crippen molar-refractivity contribution in [3.63, 3.8) is 0 Å². The van der Waals surface area contributed by atoms with Crippen LogP contribution in [0.2, 0.25) is 0 Å². The number of hydrogen-bond donors (Lipinski definition) is 6. The minimum absolute atomic E-state index is 0.0129. The summed E-state index contributed by atoms with van der Waals surface area (Å²) in [4.78, 5) is 191. The highest BCUT2D eigenvalue weighted by Crippen LogP contribution is 2.32. The van der Waals surface area contributed by atoms with E-state index in [9.17, 15) is 43.8 Å². The Balaban J connectivity index is 2.00. The first-order valence-corrected chi connectivity index (χ1v) is 38.5. The Morgan fingerprint density at radius 2 is 0.883 bits per heavy atom. The van der Waals surface area contributed by atoms with Gasteiger partial charge in [0, 0.05) is 67.8 Å². The van der Waals surface area contributed by atoms with Crippen molar-refractivity contribution in [2.45, 2.75) is 284 Å². The first kappa shape index (κ1) is 88.9. The van der Waals surface area contributed by atoms with E-state index in [4.69, 9.17) is 4.74 Å². The van der Waals surface area contributed by atoms with E-state index in [1.54, 1.807) is 25.7 Å². The van der Waals surface area contributed by atoms with Crippen molar-refractivity contribution in [3.8, 4) is 0 Å². The van der Waals surface area contributed by atoms with Crippen LogP contribution in [0.15, 0.2) is 0 Å². The molecule has 103 heavy (non-hydrogen) atoms. The summed E-state index contributed by atoms with van der Waals surface area (Å²) in [6.07, 6.45) is 9.55. The van der Waals surface area contributed by atoms with Crippen LogP contribution in [-0.4, -0.2) is 276 Å². The zero-order valence-electron chi connectivity index (χ0n) is 66.2. The van der Waals surface area contributed by atoms with Gasteiger partial charge >= 0.3 is 0 Å². The van der Waals surface area contributed by atoms with Gasteiger partial charge in [-0.1, -0.05) is 140 Å². The van der Waals surface area contributed by atoms with Gasteiger partial charge in [-0.15, -0.1) is 0 Å². The molecule has 2 saturated heterocycles. The van der Waals surface area contributed by atoms with Crippen LogP contribution in [0.25, 0.3) is 0 Å². The topological polar surface area (TPSA) is 329 Å². The van der Waals surface area contributed by atoms with E-state index >= 15 is 24.0 Å². The fourth-order valence-electron chi connectivity index (χ4n) is 14.8. The average Bonchev–Trinajstić information content (AvgIpc) is 0.820. The summed E-state index contributed by atoms with van der Waals surface area (Å²) in [6, 6.07) is -13.2. The highest BCUT2D eigenvalue weighted by atomic mass is 16.5. The van der Waals surface area contributed by atoms with Crippen molar-refractivity contribution in [2.24, 2.45) is 40.9 Å². The fourth-order valence-corrected chi connectivity index (χ4v) is 14.8. The van der Waals surface area contributed by atoms with Crippen LogP contribution in [0.1, 0.15) is 218 Å². The number of aliphatic hydroxyl groups excluding tert-OH is 2. The van der Waals surface area contributed by atoms with Crippen LogP contribution in [0.5, 0.6) is 0 Å². The summed E-state index contributed by atoms with van der Waals surface area (Å²) in [7, 11) is 10.0. The lowest BCUT2D eigenvalue weighted by molar-refractivity contribution is -0.153. The number of ether oxygens (including phenoxy) is 1. The zero-order valence-corrected chi connectivity index (χ0v) is 66.2. The smallest absolute Gasteiger partial charge is 0.248 e. The quantitative estimate of drug-likeness (QED) is 0.0961. The molecule has 0 bridgehead atoms. The van der Waals surface area contributed by atoms with Gasteiger partial charge in [0.1, 0.15) is 60.4 Å². The lowest BCUT2D eigenvalue weighted by Gasteiger charge is -2.39. The third kappa shape index (κ3) is 26.5. The van der Waals surface area contributed by atoms with Crippen LogP contribution in [0, 0.1) is 40.9 Å². The standard InChI is InChI=1S/C76H134N12O15/c1-20-57-66(93)77-54(36-47(2)3)70(97)86(18)61(39-50(8)9)73(100)85(17)60(40-52-30-24-21-25-31-52)68(95)79-56(44-103-46-76(11,12)45-89)71(98)87(19)62(41-53-32-26-22-27-33-53)74(101)84(16)59(38-49(6)7)69(96)80-65(51(10)90)75(102)81(13)43-64(92)83(15)58(37-48(4)5)67(94)78-55(42-63(91)82(57)14)72(99)88-34-28-23-29-35-88/h47-62,65,89-90H,20-46H2,1-19H3,(H,77,93)(H,78,94)(H,79,95)(H,80,96)/t51-,54+,55+,56?,57+,58+,59+,60+,61+,62+,65+/m1/s1. The fraction of sp³-hybridized carbons (Fsp3) is 0.842. The summed E-state index contributed by atoms with van der Waals surface area (Å²) in [6.45, 7) is 20.8. The van der Waals surface area contributed by atoms with Gasteiger partial charge in [0.25, 0.3) is 0 Å². The van der Waals surface area contributed by atoms with Crippen molar-refractivity contribution in [2.75, 3.05) is 88.8 Å². The highest BCUT2D eigenvalue weighted by Gasteiger charge is 2.45.